The molecule has 0 amide bonds. The highest BCUT2D eigenvalue weighted by Crippen LogP contribution is 2.16. The first-order chi connectivity index (χ1) is 7.90. The topological polar surface area (TPSA) is 27.7 Å². The largest absolute Gasteiger partial charge is 0.379 e. The fourth-order valence-electron chi connectivity index (χ4n) is 2.74. The third kappa shape index (κ3) is 3.42. The second-order valence-electron chi connectivity index (χ2n) is 4.85. The summed E-state index contributed by atoms with van der Waals surface area (Å²) in [6.07, 6.45) is 2.62. The van der Waals surface area contributed by atoms with E-state index in [2.05, 4.69) is 15.1 Å². The number of likely N-dealkylation sites (tertiary alicyclic amines) is 1. The predicted molar refractivity (Wildman–Crippen MR) is 65.8 cm³/mol. The average Bonchev–Trinajstić information content (AvgIpc) is 2.79. The van der Waals surface area contributed by atoms with Gasteiger partial charge in [-0.25, -0.2) is 0 Å². The summed E-state index contributed by atoms with van der Waals surface area (Å²) >= 11 is 0. The normalized spacial score (nSPS) is 28.7. The molecule has 0 spiro atoms. The van der Waals surface area contributed by atoms with Gasteiger partial charge in [0.2, 0.25) is 0 Å². The summed E-state index contributed by atoms with van der Waals surface area (Å²) in [5, 5.41) is 3.21. The van der Waals surface area contributed by atoms with E-state index in [1.54, 1.807) is 0 Å². The molecule has 0 aromatic heterocycles. The summed E-state index contributed by atoms with van der Waals surface area (Å²) in [5.74, 6) is 0. The van der Waals surface area contributed by atoms with Crippen LogP contribution < -0.4 is 5.32 Å². The number of nitrogens with one attached hydrogen (secondary N) is 1. The van der Waals surface area contributed by atoms with E-state index in [1.165, 1.54) is 32.5 Å². The molecule has 1 unspecified atom stereocenters. The van der Waals surface area contributed by atoms with Crippen LogP contribution in [0.25, 0.3) is 0 Å². The third-order valence-corrected chi connectivity index (χ3v) is 3.71. The van der Waals surface area contributed by atoms with E-state index in [4.69, 9.17) is 4.74 Å². The molecule has 0 aromatic rings. The highest BCUT2D eigenvalue weighted by Gasteiger charge is 2.27. The summed E-state index contributed by atoms with van der Waals surface area (Å²) in [5.41, 5.74) is 0. The molecule has 0 radical (unpaired) electrons. The first kappa shape index (κ1) is 12.3. The van der Waals surface area contributed by atoms with E-state index in [9.17, 15) is 0 Å². The molecule has 0 bridgehead atoms. The van der Waals surface area contributed by atoms with Gasteiger partial charge in [0.25, 0.3) is 0 Å². The van der Waals surface area contributed by atoms with Crippen LogP contribution in [0.4, 0.5) is 0 Å². The Balaban J connectivity index is 1.66. The molecule has 16 heavy (non-hydrogen) atoms. The zero-order valence-corrected chi connectivity index (χ0v) is 10.5. The van der Waals surface area contributed by atoms with E-state index >= 15 is 0 Å². The van der Waals surface area contributed by atoms with Crippen molar-refractivity contribution in [2.75, 3.05) is 59.5 Å². The van der Waals surface area contributed by atoms with Crippen LogP contribution in [-0.4, -0.2) is 75.4 Å². The van der Waals surface area contributed by atoms with Gasteiger partial charge < -0.3 is 15.0 Å². The summed E-state index contributed by atoms with van der Waals surface area (Å²) in [6, 6.07) is 0.790. The maximum atomic E-state index is 5.40. The van der Waals surface area contributed by atoms with E-state index in [0.717, 1.165) is 38.9 Å². The Morgan fingerprint density at radius 3 is 2.81 bits per heavy atom. The molecule has 1 atom stereocenters. The van der Waals surface area contributed by atoms with Crippen LogP contribution in [0.15, 0.2) is 0 Å². The molecule has 2 aliphatic heterocycles. The van der Waals surface area contributed by atoms with Gasteiger partial charge in [-0.1, -0.05) is 0 Å². The van der Waals surface area contributed by atoms with Crippen molar-refractivity contribution in [3.05, 3.63) is 0 Å². The summed E-state index contributed by atoms with van der Waals surface area (Å²) in [7, 11) is 2.03. The second kappa shape index (κ2) is 6.55. The lowest BCUT2D eigenvalue weighted by Crippen LogP contribution is -2.44. The van der Waals surface area contributed by atoms with Crippen LogP contribution in [-0.2, 0) is 4.74 Å². The Hall–Kier alpha value is -0.160. The van der Waals surface area contributed by atoms with Gasteiger partial charge >= 0.3 is 0 Å². The standard InChI is InChI=1S/C12H25N3O/c1-13-4-2-5-14-6-3-12(11-14)15-7-9-16-10-8-15/h12-13H,2-11H2,1H3. The zero-order chi connectivity index (χ0) is 11.2. The van der Waals surface area contributed by atoms with Crippen LogP contribution >= 0.6 is 0 Å². The molecule has 0 aliphatic carbocycles. The third-order valence-electron chi connectivity index (χ3n) is 3.71. The molecule has 94 valence electrons. The monoisotopic (exact) mass is 227 g/mol. The number of hydrogen-bond acceptors (Lipinski definition) is 4. The molecule has 1 N–H and O–H groups in total. The highest BCUT2D eigenvalue weighted by molar-refractivity contribution is 4.84. The molecule has 2 aliphatic rings. The Morgan fingerprint density at radius 2 is 2.06 bits per heavy atom. The van der Waals surface area contributed by atoms with Crippen molar-refractivity contribution in [3.8, 4) is 0 Å². The first-order valence-electron chi connectivity index (χ1n) is 6.59. The van der Waals surface area contributed by atoms with Gasteiger partial charge in [-0.05, 0) is 39.5 Å². The predicted octanol–water partition coefficient (Wildman–Crippen LogP) is 0.00240. The minimum Gasteiger partial charge on any atom is -0.379 e. The smallest absolute Gasteiger partial charge is 0.0594 e. The lowest BCUT2D eigenvalue weighted by Gasteiger charge is -2.32. The quantitative estimate of drug-likeness (QED) is 0.669. The fraction of sp³-hybridized carbons (Fsp3) is 1.00. The molecule has 2 rings (SSSR count). The molecular formula is C12H25N3O. The molecule has 4 nitrogen and oxygen atoms in total. The van der Waals surface area contributed by atoms with Crippen LogP contribution in [0, 0.1) is 0 Å². The van der Waals surface area contributed by atoms with Gasteiger partial charge in [-0.2, -0.15) is 0 Å². The number of nitrogens with zero attached hydrogens (tertiary/aromatic N) is 2. The Kier molecular flexibility index (Phi) is 5.03. The Bertz CT molecular complexity index is 195. The van der Waals surface area contributed by atoms with E-state index in [1.807, 2.05) is 7.05 Å². The first-order valence-corrected chi connectivity index (χ1v) is 6.59. The molecule has 2 fully saturated rings. The molecule has 4 heteroatoms. The van der Waals surface area contributed by atoms with Crippen molar-refractivity contribution in [2.24, 2.45) is 0 Å². The SMILES string of the molecule is CNCCCN1CCC(N2CCOCC2)C1. The van der Waals surface area contributed by atoms with Crippen LogP contribution in [0.3, 0.4) is 0 Å². The van der Waals surface area contributed by atoms with Crippen molar-refractivity contribution in [3.63, 3.8) is 0 Å². The minimum atomic E-state index is 0.790. The van der Waals surface area contributed by atoms with E-state index in [-0.39, 0.29) is 0 Å². The van der Waals surface area contributed by atoms with Crippen LogP contribution in [0.2, 0.25) is 0 Å². The van der Waals surface area contributed by atoms with E-state index < -0.39 is 0 Å². The Morgan fingerprint density at radius 1 is 1.25 bits per heavy atom. The van der Waals surface area contributed by atoms with Crippen molar-refractivity contribution in [1.82, 2.24) is 15.1 Å². The summed E-state index contributed by atoms with van der Waals surface area (Å²) in [6.45, 7) is 9.06. The summed E-state index contributed by atoms with van der Waals surface area (Å²) < 4.78 is 5.40. The van der Waals surface area contributed by atoms with E-state index in [0.29, 0.717) is 0 Å². The van der Waals surface area contributed by atoms with Crippen LogP contribution in [0.1, 0.15) is 12.8 Å². The molecule has 0 saturated carbocycles. The number of morpholine rings is 1. The maximum Gasteiger partial charge on any atom is 0.0594 e. The molecular weight excluding hydrogens is 202 g/mol. The lowest BCUT2D eigenvalue weighted by atomic mass is 10.2. The van der Waals surface area contributed by atoms with Gasteiger partial charge in [0.15, 0.2) is 0 Å². The number of hydrogen-bond donors (Lipinski definition) is 1. The second-order valence-corrected chi connectivity index (χ2v) is 4.85. The van der Waals surface area contributed by atoms with Crippen molar-refractivity contribution in [2.45, 2.75) is 18.9 Å². The minimum absolute atomic E-state index is 0.790. The van der Waals surface area contributed by atoms with Crippen LogP contribution in [0.5, 0.6) is 0 Å². The highest BCUT2D eigenvalue weighted by atomic mass is 16.5. The lowest BCUT2D eigenvalue weighted by molar-refractivity contribution is 0.0185. The zero-order valence-electron chi connectivity index (χ0n) is 10.5. The molecule has 0 aromatic carbocycles. The number of rotatable bonds is 5. The van der Waals surface area contributed by atoms with Gasteiger partial charge in [0.1, 0.15) is 0 Å². The van der Waals surface area contributed by atoms with Crippen molar-refractivity contribution in [1.29, 1.82) is 0 Å². The fourth-order valence-corrected chi connectivity index (χ4v) is 2.74. The van der Waals surface area contributed by atoms with Gasteiger partial charge in [0.05, 0.1) is 13.2 Å². The number of ether oxygens (including phenoxy) is 1. The van der Waals surface area contributed by atoms with Crippen molar-refractivity contribution < 1.29 is 4.74 Å². The van der Waals surface area contributed by atoms with Gasteiger partial charge in [-0.3, -0.25) is 4.90 Å². The van der Waals surface area contributed by atoms with Gasteiger partial charge in [0, 0.05) is 25.7 Å². The van der Waals surface area contributed by atoms with Gasteiger partial charge in [-0.15, -0.1) is 0 Å². The maximum absolute atomic E-state index is 5.40. The summed E-state index contributed by atoms with van der Waals surface area (Å²) in [4.78, 5) is 5.22. The average molecular weight is 227 g/mol. The Labute approximate surface area is 98.9 Å². The molecule has 2 saturated heterocycles. The van der Waals surface area contributed by atoms with Crippen molar-refractivity contribution >= 4 is 0 Å². The molecule has 2 heterocycles.